The lowest BCUT2D eigenvalue weighted by Gasteiger charge is -2.28. The van der Waals surface area contributed by atoms with Crippen LogP contribution < -0.4 is 26.8 Å². The first kappa shape index (κ1) is 28.6. The van der Waals surface area contributed by atoms with E-state index in [-0.39, 0.29) is 30.0 Å². The van der Waals surface area contributed by atoms with E-state index in [1.165, 1.54) is 16.8 Å². The van der Waals surface area contributed by atoms with E-state index in [2.05, 4.69) is 21.3 Å². The van der Waals surface area contributed by atoms with Gasteiger partial charge in [-0.1, -0.05) is 12.8 Å². The molecule has 0 spiro atoms. The van der Waals surface area contributed by atoms with Crippen molar-refractivity contribution in [1.82, 2.24) is 20.5 Å². The van der Waals surface area contributed by atoms with Gasteiger partial charge in [-0.05, 0) is 70.9 Å². The van der Waals surface area contributed by atoms with Crippen LogP contribution in [0.25, 0.3) is 0 Å². The Bertz CT molecular complexity index is 1150. The first-order chi connectivity index (χ1) is 18.4. The molecule has 2 saturated carbocycles. The summed E-state index contributed by atoms with van der Waals surface area (Å²) in [5, 5.41) is 21.6. The van der Waals surface area contributed by atoms with E-state index >= 15 is 0 Å². The van der Waals surface area contributed by atoms with Crippen LogP contribution in [-0.2, 0) is 19.1 Å². The van der Waals surface area contributed by atoms with Crippen LogP contribution in [0.5, 0.6) is 0 Å². The molecule has 0 radical (unpaired) electrons. The summed E-state index contributed by atoms with van der Waals surface area (Å²) in [4.78, 5) is 64.2. The van der Waals surface area contributed by atoms with Crippen LogP contribution >= 0.6 is 0 Å². The predicted molar refractivity (Wildman–Crippen MR) is 142 cm³/mol. The van der Waals surface area contributed by atoms with Gasteiger partial charge in [-0.2, -0.15) is 0 Å². The number of rotatable bonds is 11. The van der Waals surface area contributed by atoms with Gasteiger partial charge in [0, 0.05) is 24.7 Å². The van der Waals surface area contributed by atoms with Crippen molar-refractivity contribution in [2.75, 3.05) is 11.9 Å². The minimum absolute atomic E-state index is 0.0136. The van der Waals surface area contributed by atoms with E-state index in [0.717, 1.165) is 25.7 Å². The normalized spacial score (nSPS) is 21.3. The lowest BCUT2D eigenvalue weighted by molar-refractivity contribution is -0.134. The van der Waals surface area contributed by atoms with Crippen molar-refractivity contribution in [3.63, 3.8) is 0 Å². The number of hydrogen-bond donors (Lipinski definition) is 5. The lowest BCUT2D eigenvalue weighted by Crippen LogP contribution is -2.53. The summed E-state index contributed by atoms with van der Waals surface area (Å²) in [5.74, 6) is -1.53. The Balaban J connectivity index is 1.55. The fourth-order valence-electron chi connectivity index (χ4n) is 4.70. The van der Waals surface area contributed by atoms with Crippen LogP contribution in [0, 0.1) is 11.8 Å². The minimum Gasteiger partial charge on any atom is -0.444 e. The predicted octanol–water partition coefficient (Wildman–Crippen LogP) is 1.19. The molecule has 12 nitrogen and oxygen atoms in total. The second-order valence-corrected chi connectivity index (χ2v) is 11.8. The average Bonchev–Trinajstić information content (AvgIpc) is 3.78. The van der Waals surface area contributed by atoms with Gasteiger partial charge >= 0.3 is 6.09 Å². The van der Waals surface area contributed by atoms with E-state index in [1.54, 1.807) is 26.8 Å². The smallest absolute Gasteiger partial charge is 0.412 e. The van der Waals surface area contributed by atoms with Crippen molar-refractivity contribution < 1.29 is 29.0 Å². The summed E-state index contributed by atoms with van der Waals surface area (Å²) in [5.41, 5.74) is -1.38. The molecule has 0 aromatic carbocycles. The number of carbonyl (C=O) groups excluding carboxylic acids is 4. The summed E-state index contributed by atoms with van der Waals surface area (Å²) in [6.07, 6.45) is 3.64. The molecule has 4 rings (SSSR count). The minimum atomic E-state index is -1.55. The molecule has 4 amide bonds. The van der Waals surface area contributed by atoms with Gasteiger partial charge in [0.15, 0.2) is 6.10 Å². The number of amides is 4. The van der Waals surface area contributed by atoms with E-state index in [9.17, 15) is 29.1 Å². The second-order valence-electron chi connectivity index (χ2n) is 11.8. The zero-order valence-electron chi connectivity index (χ0n) is 22.7. The summed E-state index contributed by atoms with van der Waals surface area (Å²) in [6.45, 7) is 5.61. The van der Waals surface area contributed by atoms with Crippen molar-refractivity contribution in [2.45, 2.75) is 95.5 Å². The van der Waals surface area contributed by atoms with Crippen molar-refractivity contribution in [1.29, 1.82) is 0 Å². The maximum atomic E-state index is 13.7. The van der Waals surface area contributed by atoms with Gasteiger partial charge in [0.25, 0.3) is 11.5 Å². The second kappa shape index (κ2) is 11.8. The Hall–Kier alpha value is -3.41. The average molecular weight is 546 g/mol. The summed E-state index contributed by atoms with van der Waals surface area (Å²) in [7, 11) is 0. The van der Waals surface area contributed by atoms with Crippen molar-refractivity contribution >= 4 is 29.5 Å². The van der Waals surface area contributed by atoms with Gasteiger partial charge in [0.1, 0.15) is 17.3 Å². The topological polar surface area (TPSA) is 168 Å². The number of carbonyl (C=O) groups is 4. The van der Waals surface area contributed by atoms with E-state index in [0.29, 0.717) is 19.4 Å². The van der Waals surface area contributed by atoms with E-state index in [4.69, 9.17) is 4.74 Å². The molecule has 39 heavy (non-hydrogen) atoms. The van der Waals surface area contributed by atoms with Crippen LogP contribution in [0.3, 0.4) is 0 Å². The molecule has 1 saturated heterocycles. The molecule has 1 aromatic rings. The van der Waals surface area contributed by atoms with Gasteiger partial charge < -0.3 is 30.4 Å². The molecule has 0 bridgehead atoms. The first-order valence-corrected chi connectivity index (χ1v) is 13.7. The first-order valence-electron chi connectivity index (χ1n) is 13.7. The van der Waals surface area contributed by atoms with E-state index < -0.39 is 53.2 Å². The maximum Gasteiger partial charge on any atom is 0.412 e. The number of aromatic nitrogens is 1. The lowest BCUT2D eigenvalue weighted by atomic mass is 9.94. The molecule has 2 aliphatic carbocycles. The fraction of sp³-hybridized carbons (Fsp3) is 0.667. The Morgan fingerprint density at radius 3 is 2.41 bits per heavy atom. The molecule has 1 aliphatic heterocycles. The quantitative estimate of drug-likeness (QED) is 0.278. The van der Waals surface area contributed by atoms with Crippen LogP contribution in [0.4, 0.5) is 10.5 Å². The van der Waals surface area contributed by atoms with Crippen LogP contribution in [0.2, 0.25) is 0 Å². The number of nitrogens with one attached hydrogen (secondary N) is 4. The highest BCUT2D eigenvalue weighted by Gasteiger charge is 2.38. The Kier molecular flexibility index (Phi) is 8.63. The monoisotopic (exact) mass is 545 g/mol. The molecule has 3 aliphatic rings. The third kappa shape index (κ3) is 8.04. The molecule has 214 valence electrons. The summed E-state index contributed by atoms with van der Waals surface area (Å²) < 4.78 is 6.51. The van der Waals surface area contributed by atoms with Gasteiger partial charge in [0.05, 0.1) is 6.04 Å². The molecule has 1 aromatic heterocycles. The van der Waals surface area contributed by atoms with Crippen molar-refractivity contribution in [3.8, 4) is 0 Å². The van der Waals surface area contributed by atoms with Gasteiger partial charge in [-0.15, -0.1) is 0 Å². The van der Waals surface area contributed by atoms with Crippen molar-refractivity contribution in [2.24, 2.45) is 11.8 Å². The van der Waals surface area contributed by atoms with Crippen LogP contribution in [-0.4, -0.2) is 63.8 Å². The highest BCUT2D eigenvalue weighted by Crippen LogP contribution is 2.37. The van der Waals surface area contributed by atoms with Gasteiger partial charge in [0.2, 0.25) is 11.8 Å². The zero-order chi connectivity index (χ0) is 28.3. The molecule has 0 unspecified atom stereocenters. The number of aliphatic hydroxyl groups is 1. The number of aliphatic hydroxyl groups excluding tert-OH is 1. The molecule has 2 heterocycles. The number of pyridine rings is 1. The van der Waals surface area contributed by atoms with Crippen molar-refractivity contribution in [3.05, 3.63) is 28.7 Å². The number of anilines is 1. The summed E-state index contributed by atoms with van der Waals surface area (Å²) >= 11 is 0. The third-order valence-electron chi connectivity index (χ3n) is 7.10. The van der Waals surface area contributed by atoms with Gasteiger partial charge in [-0.3, -0.25) is 24.5 Å². The zero-order valence-corrected chi connectivity index (χ0v) is 22.7. The number of nitrogens with zero attached hydrogens (tertiary/aromatic N) is 1. The maximum absolute atomic E-state index is 13.7. The van der Waals surface area contributed by atoms with Crippen LogP contribution in [0.15, 0.2) is 23.1 Å². The molecule has 5 N–H and O–H groups in total. The Morgan fingerprint density at radius 2 is 1.82 bits per heavy atom. The molecule has 3 fully saturated rings. The third-order valence-corrected chi connectivity index (χ3v) is 7.10. The van der Waals surface area contributed by atoms with E-state index in [1.807, 2.05) is 0 Å². The standard InChI is InChI=1S/C27H39N5O7/c1-27(2,3)39-26(38)31-18-5-4-12-32(25(18)37)20(13-15-6-7-15)23(35)30-19(14-16-10-11-28-22(16)34)21(33)24(36)29-17-8-9-17/h4-5,12,15-17,19-21,33H,6-11,13-14H2,1-3H3,(H,28,34)(H,29,36)(H,30,35)(H,31,38)/t16-,19-,20-,21+/m0/s1. The largest absolute Gasteiger partial charge is 0.444 e. The van der Waals surface area contributed by atoms with Crippen LogP contribution in [0.1, 0.15) is 71.8 Å². The SMILES string of the molecule is CC(C)(C)OC(=O)Nc1cccn([C@@H](CC2CC2)C(=O)N[C@@H](C[C@@H]2CCNC2=O)[C@@H](O)C(=O)NC2CC2)c1=O. The molecule has 12 heteroatoms. The highest BCUT2D eigenvalue weighted by atomic mass is 16.6. The molecule has 4 atom stereocenters. The number of hydrogen-bond acceptors (Lipinski definition) is 7. The Morgan fingerprint density at radius 1 is 1.10 bits per heavy atom. The molecular formula is C27H39N5O7. The molecular weight excluding hydrogens is 506 g/mol. The number of ether oxygens (including phenoxy) is 1. The Labute approximate surface area is 227 Å². The fourth-order valence-corrected chi connectivity index (χ4v) is 4.70. The van der Waals surface area contributed by atoms with Gasteiger partial charge in [-0.25, -0.2) is 4.79 Å². The highest BCUT2D eigenvalue weighted by molar-refractivity contribution is 5.86. The summed E-state index contributed by atoms with van der Waals surface area (Å²) in [6, 6.07) is 1.04.